The van der Waals surface area contributed by atoms with Gasteiger partial charge >= 0.3 is 5.97 Å². The second-order valence-corrected chi connectivity index (χ2v) is 9.48. The van der Waals surface area contributed by atoms with Gasteiger partial charge in [-0.2, -0.15) is 4.98 Å². The molecule has 1 atom stereocenters. The van der Waals surface area contributed by atoms with Gasteiger partial charge in [0.25, 0.3) is 0 Å². The number of aromatic nitrogens is 3. The smallest absolute Gasteiger partial charge is 0.338 e. The van der Waals surface area contributed by atoms with Crippen LogP contribution < -0.4 is 14.8 Å². The Morgan fingerprint density at radius 1 is 1.14 bits per heavy atom. The van der Waals surface area contributed by atoms with Crippen molar-refractivity contribution in [1.29, 1.82) is 0 Å². The van der Waals surface area contributed by atoms with E-state index in [4.69, 9.17) is 19.3 Å². The fourth-order valence-corrected chi connectivity index (χ4v) is 4.99. The van der Waals surface area contributed by atoms with Crippen LogP contribution in [0.25, 0.3) is 0 Å². The van der Waals surface area contributed by atoms with Gasteiger partial charge in [-0.3, -0.25) is 0 Å². The number of nitrogens with zero attached hydrogens (tertiary/aromatic N) is 3. The lowest BCUT2D eigenvalue weighted by Crippen LogP contribution is -2.29. The lowest BCUT2D eigenvalue weighted by molar-refractivity contribution is -0.136. The monoisotopic (exact) mass is 508 g/mol. The van der Waals surface area contributed by atoms with Crippen molar-refractivity contribution in [2.24, 2.45) is 0 Å². The number of hydrogen-bond donors (Lipinski definition) is 1. The third kappa shape index (κ3) is 5.67. The van der Waals surface area contributed by atoms with Crippen LogP contribution in [0.1, 0.15) is 43.9 Å². The van der Waals surface area contributed by atoms with Gasteiger partial charge in [0.1, 0.15) is 6.04 Å². The summed E-state index contributed by atoms with van der Waals surface area (Å²) in [5.41, 5.74) is 3.18. The van der Waals surface area contributed by atoms with Crippen LogP contribution in [-0.4, -0.2) is 47.3 Å². The maximum absolute atomic E-state index is 12.8. The highest BCUT2D eigenvalue weighted by Gasteiger charge is 2.35. The Hall–Kier alpha value is -3.46. The van der Waals surface area contributed by atoms with Crippen LogP contribution in [0.3, 0.4) is 0 Å². The topological polar surface area (TPSA) is 87.5 Å². The summed E-state index contributed by atoms with van der Waals surface area (Å²) >= 11 is 1.61. The molecule has 0 radical (unpaired) electrons. The first kappa shape index (κ1) is 25.6. The molecular weight excluding hydrogens is 476 g/mol. The number of carbonyl (C=O) groups is 1. The molecule has 0 amide bonds. The van der Waals surface area contributed by atoms with Gasteiger partial charge < -0.3 is 19.5 Å². The van der Waals surface area contributed by atoms with Crippen molar-refractivity contribution in [2.45, 2.75) is 44.3 Å². The number of methoxy groups -OCH3 is 2. The zero-order valence-electron chi connectivity index (χ0n) is 21.1. The second kappa shape index (κ2) is 12.0. The van der Waals surface area contributed by atoms with E-state index in [9.17, 15) is 4.79 Å². The standard InChI is InChI=1S/C27H32N4O4S/c1-5-6-16-36-27-29-26-28-18(2)23(25(32)34-4)24(31(26)30-27)20-12-13-21(22(17-20)33-3)35-15-14-19-10-8-7-9-11-19/h7-13,17,24H,5-6,14-16H2,1-4H3,(H,28,29,30). The first-order valence-corrected chi connectivity index (χ1v) is 13.0. The highest BCUT2D eigenvalue weighted by atomic mass is 32.2. The molecule has 36 heavy (non-hydrogen) atoms. The Balaban J connectivity index is 1.63. The molecule has 190 valence electrons. The number of fused-ring (bicyclic) bond motifs is 1. The number of nitrogens with one attached hydrogen (secondary N) is 1. The largest absolute Gasteiger partial charge is 0.493 e. The molecule has 3 aromatic rings. The van der Waals surface area contributed by atoms with E-state index in [1.54, 1.807) is 23.6 Å². The van der Waals surface area contributed by atoms with Crippen molar-refractivity contribution in [2.75, 3.05) is 31.9 Å². The van der Waals surface area contributed by atoms with E-state index >= 15 is 0 Å². The Kier molecular flexibility index (Phi) is 8.53. The molecule has 4 rings (SSSR count). The molecule has 9 heteroatoms. The minimum Gasteiger partial charge on any atom is -0.493 e. The predicted molar refractivity (Wildman–Crippen MR) is 141 cm³/mol. The summed E-state index contributed by atoms with van der Waals surface area (Å²) in [5.74, 6) is 2.32. The molecule has 2 heterocycles. The molecule has 2 aromatic carbocycles. The average Bonchev–Trinajstić information content (AvgIpc) is 3.30. The minimum atomic E-state index is -0.519. The number of hydrogen-bond acceptors (Lipinski definition) is 8. The summed E-state index contributed by atoms with van der Waals surface area (Å²) in [6.45, 7) is 4.52. The zero-order valence-corrected chi connectivity index (χ0v) is 21.9. The van der Waals surface area contributed by atoms with Gasteiger partial charge in [0.2, 0.25) is 11.1 Å². The number of unbranched alkanes of at least 4 members (excludes halogenated alkanes) is 1. The molecule has 0 aliphatic carbocycles. The molecule has 1 aromatic heterocycles. The van der Waals surface area contributed by atoms with Crippen molar-refractivity contribution >= 4 is 23.7 Å². The van der Waals surface area contributed by atoms with E-state index < -0.39 is 12.0 Å². The summed E-state index contributed by atoms with van der Waals surface area (Å²) in [5, 5.41) is 8.62. The van der Waals surface area contributed by atoms with Crippen LogP contribution in [0.15, 0.2) is 65.0 Å². The zero-order chi connectivity index (χ0) is 25.5. The number of esters is 1. The summed E-state index contributed by atoms with van der Waals surface area (Å²) in [6, 6.07) is 15.4. The molecule has 1 N–H and O–H groups in total. The van der Waals surface area contributed by atoms with E-state index in [1.807, 2.05) is 43.3 Å². The average molecular weight is 509 g/mol. The quantitative estimate of drug-likeness (QED) is 0.213. The second-order valence-electron chi connectivity index (χ2n) is 8.42. The highest BCUT2D eigenvalue weighted by molar-refractivity contribution is 7.99. The van der Waals surface area contributed by atoms with Crippen molar-refractivity contribution in [3.63, 3.8) is 0 Å². The van der Waals surface area contributed by atoms with Gasteiger partial charge in [0.15, 0.2) is 11.5 Å². The van der Waals surface area contributed by atoms with Crippen LogP contribution in [0.4, 0.5) is 5.95 Å². The Bertz CT molecular complexity index is 1230. The fourth-order valence-electron chi connectivity index (χ4n) is 4.08. The van der Waals surface area contributed by atoms with E-state index in [-0.39, 0.29) is 0 Å². The van der Waals surface area contributed by atoms with Crippen LogP contribution in [0, 0.1) is 0 Å². The third-order valence-corrected chi connectivity index (χ3v) is 6.89. The van der Waals surface area contributed by atoms with Crippen molar-refractivity contribution in [3.8, 4) is 11.5 Å². The molecule has 0 saturated carbocycles. The molecular formula is C27H32N4O4S. The number of benzene rings is 2. The number of anilines is 1. The number of thioether (sulfide) groups is 1. The van der Waals surface area contributed by atoms with Crippen LogP contribution in [-0.2, 0) is 16.0 Å². The van der Waals surface area contributed by atoms with Gasteiger partial charge in [-0.25, -0.2) is 9.48 Å². The van der Waals surface area contributed by atoms with E-state index in [0.717, 1.165) is 30.6 Å². The third-order valence-electron chi connectivity index (χ3n) is 5.96. The van der Waals surface area contributed by atoms with Crippen LogP contribution in [0.5, 0.6) is 11.5 Å². The van der Waals surface area contributed by atoms with Gasteiger partial charge in [-0.1, -0.05) is 61.5 Å². The van der Waals surface area contributed by atoms with Gasteiger partial charge in [0.05, 0.1) is 26.4 Å². The highest BCUT2D eigenvalue weighted by Crippen LogP contribution is 2.39. The Labute approximate surface area is 216 Å². The van der Waals surface area contributed by atoms with Crippen LogP contribution in [0.2, 0.25) is 0 Å². The van der Waals surface area contributed by atoms with E-state index in [2.05, 4.69) is 29.4 Å². The fraction of sp³-hybridized carbons (Fsp3) is 0.370. The lowest BCUT2D eigenvalue weighted by atomic mass is 9.95. The molecule has 0 bridgehead atoms. The molecule has 1 aliphatic rings. The van der Waals surface area contributed by atoms with Crippen molar-refractivity contribution in [3.05, 3.63) is 70.9 Å². The van der Waals surface area contributed by atoms with Crippen molar-refractivity contribution < 1.29 is 19.0 Å². The number of carbonyl (C=O) groups excluding carboxylic acids is 1. The molecule has 0 spiro atoms. The summed E-state index contributed by atoms with van der Waals surface area (Å²) in [7, 11) is 2.99. The van der Waals surface area contributed by atoms with E-state index in [0.29, 0.717) is 40.5 Å². The predicted octanol–water partition coefficient (Wildman–Crippen LogP) is 5.26. The van der Waals surface area contributed by atoms with E-state index in [1.165, 1.54) is 12.7 Å². The summed E-state index contributed by atoms with van der Waals surface area (Å²) in [4.78, 5) is 17.5. The molecule has 1 unspecified atom stereocenters. The van der Waals surface area contributed by atoms with Crippen LogP contribution >= 0.6 is 11.8 Å². The number of ether oxygens (including phenoxy) is 3. The Morgan fingerprint density at radius 2 is 1.94 bits per heavy atom. The maximum Gasteiger partial charge on any atom is 0.338 e. The Morgan fingerprint density at radius 3 is 2.67 bits per heavy atom. The lowest BCUT2D eigenvalue weighted by Gasteiger charge is -2.28. The van der Waals surface area contributed by atoms with Gasteiger partial charge in [0, 0.05) is 17.9 Å². The minimum absolute atomic E-state index is 0.423. The molecule has 8 nitrogen and oxygen atoms in total. The van der Waals surface area contributed by atoms with Crippen molar-refractivity contribution in [1.82, 2.24) is 14.8 Å². The summed E-state index contributed by atoms with van der Waals surface area (Å²) < 4.78 is 18.6. The SMILES string of the molecule is CCCCSc1nc2n(n1)C(c1ccc(OCCc3ccccc3)c(OC)c1)C(C(=O)OC)=C(C)N2. The molecule has 0 fully saturated rings. The molecule has 0 saturated heterocycles. The first-order chi connectivity index (χ1) is 17.5. The number of allylic oxidation sites excluding steroid dienone is 1. The maximum atomic E-state index is 12.8. The van der Waals surface area contributed by atoms with Gasteiger partial charge in [-0.15, -0.1) is 5.10 Å². The van der Waals surface area contributed by atoms with Gasteiger partial charge in [-0.05, 0) is 36.6 Å². The number of rotatable bonds is 11. The molecule has 1 aliphatic heterocycles. The summed E-state index contributed by atoms with van der Waals surface area (Å²) in [6.07, 6.45) is 2.97. The first-order valence-electron chi connectivity index (χ1n) is 12.1. The normalized spacial score (nSPS) is 14.7.